The van der Waals surface area contributed by atoms with E-state index in [1.165, 1.54) is 11.1 Å². The molecule has 1 atom stereocenters. The van der Waals surface area contributed by atoms with Crippen LogP contribution in [-0.2, 0) is 16.9 Å². The highest BCUT2D eigenvalue weighted by molar-refractivity contribution is 5.84. The summed E-state index contributed by atoms with van der Waals surface area (Å²) in [5.41, 5.74) is 1.95. The summed E-state index contributed by atoms with van der Waals surface area (Å²) in [7, 11) is 3.65. The van der Waals surface area contributed by atoms with Gasteiger partial charge in [-0.25, -0.2) is 0 Å². The Balaban J connectivity index is 1.85. The van der Waals surface area contributed by atoms with Crippen LogP contribution >= 0.6 is 0 Å². The second-order valence-electron chi connectivity index (χ2n) is 6.98. The molecule has 1 unspecified atom stereocenters. The maximum absolute atomic E-state index is 13.0. The van der Waals surface area contributed by atoms with Gasteiger partial charge in [0.15, 0.2) is 5.54 Å². The van der Waals surface area contributed by atoms with Gasteiger partial charge < -0.3 is 4.90 Å². The van der Waals surface area contributed by atoms with Crippen LogP contribution in [-0.4, -0.2) is 52.7 Å². The van der Waals surface area contributed by atoms with Crippen molar-refractivity contribution in [3.63, 3.8) is 0 Å². The molecule has 1 saturated heterocycles. The van der Waals surface area contributed by atoms with Crippen molar-refractivity contribution in [2.24, 2.45) is 0 Å². The van der Waals surface area contributed by atoms with Gasteiger partial charge in [-0.3, -0.25) is 14.4 Å². The van der Waals surface area contributed by atoms with E-state index in [2.05, 4.69) is 41.2 Å². The van der Waals surface area contributed by atoms with Crippen LogP contribution in [0.2, 0.25) is 0 Å². The third-order valence-corrected chi connectivity index (χ3v) is 4.82. The summed E-state index contributed by atoms with van der Waals surface area (Å²) >= 11 is 0. The minimum Gasteiger partial charge on any atom is -0.347 e. The largest absolute Gasteiger partial charge is 0.347 e. The van der Waals surface area contributed by atoms with E-state index in [4.69, 9.17) is 0 Å². The van der Waals surface area contributed by atoms with Crippen LogP contribution in [0.5, 0.6) is 0 Å². The van der Waals surface area contributed by atoms with Gasteiger partial charge in [0.1, 0.15) is 0 Å². The average molecular weight is 326 g/mol. The molecule has 5 nitrogen and oxygen atoms in total. The number of nitrogens with zero attached hydrogens (tertiary/aromatic N) is 4. The third-order valence-electron chi connectivity index (χ3n) is 4.82. The smallest absolute Gasteiger partial charge is 0.251 e. The highest BCUT2D eigenvalue weighted by atomic mass is 16.2. The number of likely N-dealkylation sites (N-methyl/N-ethyl adjacent to an activating group) is 1. The molecule has 0 N–H and O–H groups in total. The molecule has 2 aromatic rings. The molecule has 0 bridgehead atoms. The maximum Gasteiger partial charge on any atom is 0.251 e. The van der Waals surface area contributed by atoms with Crippen molar-refractivity contribution >= 4 is 5.91 Å². The summed E-state index contributed by atoms with van der Waals surface area (Å²) in [6, 6.07) is 10.5. The number of aromatic nitrogens is 2. The van der Waals surface area contributed by atoms with Crippen molar-refractivity contribution in [3.05, 3.63) is 53.9 Å². The quantitative estimate of drug-likeness (QED) is 0.865. The molecular formula is C19H26N4O. The van der Waals surface area contributed by atoms with Gasteiger partial charge in [0.05, 0.1) is 0 Å². The van der Waals surface area contributed by atoms with E-state index < -0.39 is 5.54 Å². The van der Waals surface area contributed by atoms with Crippen LogP contribution in [0.3, 0.4) is 0 Å². The van der Waals surface area contributed by atoms with Crippen molar-refractivity contribution in [2.75, 3.05) is 27.2 Å². The van der Waals surface area contributed by atoms with E-state index in [0.29, 0.717) is 6.54 Å². The Morgan fingerprint density at radius 1 is 1.29 bits per heavy atom. The fourth-order valence-electron chi connectivity index (χ4n) is 3.61. The highest BCUT2D eigenvalue weighted by Gasteiger charge is 2.45. The van der Waals surface area contributed by atoms with Gasteiger partial charge in [0.25, 0.3) is 5.91 Å². The third kappa shape index (κ3) is 3.22. The van der Waals surface area contributed by atoms with Crippen LogP contribution in [0.1, 0.15) is 24.0 Å². The molecule has 24 heavy (non-hydrogen) atoms. The van der Waals surface area contributed by atoms with Crippen molar-refractivity contribution < 1.29 is 4.79 Å². The molecule has 1 aliphatic rings. The van der Waals surface area contributed by atoms with Crippen molar-refractivity contribution in [1.29, 1.82) is 0 Å². The molecule has 3 rings (SSSR count). The molecule has 1 fully saturated rings. The maximum atomic E-state index is 13.0. The van der Waals surface area contributed by atoms with E-state index in [-0.39, 0.29) is 5.91 Å². The molecule has 128 valence electrons. The predicted molar refractivity (Wildman–Crippen MR) is 94.6 cm³/mol. The van der Waals surface area contributed by atoms with Gasteiger partial charge in [-0.05, 0) is 37.9 Å². The lowest BCUT2D eigenvalue weighted by Gasteiger charge is -2.43. The highest BCUT2D eigenvalue weighted by Crippen LogP contribution is 2.31. The molecule has 0 spiro atoms. The van der Waals surface area contributed by atoms with Gasteiger partial charge >= 0.3 is 0 Å². The number of benzene rings is 1. The van der Waals surface area contributed by atoms with Crippen molar-refractivity contribution in [2.45, 2.75) is 31.8 Å². The molecule has 1 aliphatic heterocycles. The van der Waals surface area contributed by atoms with Gasteiger partial charge in [-0.15, -0.1) is 0 Å². The minimum atomic E-state index is -0.601. The number of rotatable bonds is 4. The van der Waals surface area contributed by atoms with E-state index in [0.717, 1.165) is 25.9 Å². The van der Waals surface area contributed by atoms with Crippen molar-refractivity contribution in [3.8, 4) is 0 Å². The zero-order valence-corrected chi connectivity index (χ0v) is 14.8. The molecule has 0 aliphatic carbocycles. The Morgan fingerprint density at radius 3 is 2.67 bits per heavy atom. The Hall–Kier alpha value is -2.14. The van der Waals surface area contributed by atoms with Gasteiger partial charge in [-0.2, -0.15) is 5.10 Å². The average Bonchev–Trinajstić information content (AvgIpc) is 3.11. The number of hydrogen-bond acceptors (Lipinski definition) is 3. The predicted octanol–water partition coefficient (Wildman–Crippen LogP) is 2.27. The molecule has 0 saturated carbocycles. The fourth-order valence-corrected chi connectivity index (χ4v) is 3.61. The summed E-state index contributed by atoms with van der Waals surface area (Å²) in [4.78, 5) is 17.1. The monoisotopic (exact) mass is 326 g/mol. The van der Waals surface area contributed by atoms with Crippen LogP contribution in [0.15, 0.2) is 42.7 Å². The fraction of sp³-hybridized carbons (Fsp3) is 0.474. The Bertz CT molecular complexity index is 678. The minimum absolute atomic E-state index is 0.125. The molecule has 0 radical (unpaired) electrons. The summed E-state index contributed by atoms with van der Waals surface area (Å²) in [6.07, 6.45) is 5.49. The summed E-state index contributed by atoms with van der Waals surface area (Å²) in [5, 5.41) is 4.41. The van der Waals surface area contributed by atoms with E-state index >= 15 is 0 Å². The Kier molecular flexibility index (Phi) is 4.71. The molecule has 1 aromatic heterocycles. The van der Waals surface area contributed by atoms with E-state index in [1.807, 2.05) is 31.0 Å². The number of carbonyl (C=O) groups is 1. The summed E-state index contributed by atoms with van der Waals surface area (Å²) < 4.78 is 1.86. The Morgan fingerprint density at radius 2 is 2.04 bits per heavy atom. The second-order valence-corrected chi connectivity index (χ2v) is 6.98. The van der Waals surface area contributed by atoms with Crippen LogP contribution in [0.4, 0.5) is 0 Å². The number of hydrogen-bond donors (Lipinski definition) is 0. The summed E-state index contributed by atoms with van der Waals surface area (Å²) in [5.74, 6) is 0.125. The zero-order chi connectivity index (χ0) is 17.2. The van der Waals surface area contributed by atoms with Gasteiger partial charge in [-0.1, -0.05) is 29.8 Å². The number of aryl methyl sites for hydroxylation is 1. The van der Waals surface area contributed by atoms with Gasteiger partial charge in [0.2, 0.25) is 0 Å². The first-order chi connectivity index (χ1) is 11.5. The first-order valence-electron chi connectivity index (χ1n) is 8.51. The summed E-state index contributed by atoms with van der Waals surface area (Å²) in [6.45, 7) is 4.67. The molecule has 1 aromatic carbocycles. The van der Waals surface area contributed by atoms with Crippen LogP contribution in [0.25, 0.3) is 0 Å². The van der Waals surface area contributed by atoms with Crippen LogP contribution < -0.4 is 0 Å². The number of amides is 1. The second kappa shape index (κ2) is 6.77. The number of piperidine rings is 1. The molecule has 5 heteroatoms. The molecular weight excluding hydrogens is 300 g/mol. The van der Waals surface area contributed by atoms with Gasteiger partial charge in [0, 0.05) is 39.6 Å². The lowest BCUT2D eigenvalue weighted by Crippen LogP contribution is -2.58. The topological polar surface area (TPSA) is 41.4 Å². The van der Waals surface area contributed by atoms with E-state index in [1.54, 1.807) is 11.1 Å². The normalized spacial score (nSPS) is 21.6. The van der Waals surface area contributed by atoms with Crippen molar-refractivity contribution in [1.82, 2.24) is 19.6 Å². The molecule has 1 amide bonds. The Labute approximate surface area is 143 Å². The standard InChI is InChI=1S/C19H26N4O/c1-16-6-8-17(9-7-16)14-22-12-4-10-19(15-22,18(24)21(2)3)23-13-5-11-20-23/h5-9,11,13H,4,10,12,14-15H2,1-3H3. The first kappa shape index (κ1) is 16.7. The SMILES string of the molecule is Cc1ccc(CN2CCCC(C(=O)N(C)C)(n3cccn3)C2)cc1. The lowest BCUT2D eigenvalue weighted by molar-refractivity contribution is -0.142. The zero-order valence-electron chi connectivity index (χ0n) is 14.8. The number of likely N-dealkylation sites (tertiary alicyclic amines) is 1. The number of carbonyl (C=O) groups excluding carboxylic acids is 1. The van der Waals surface area contributed by atoms with Crippen LogP contribution in [0, 0.1) is 6.92 Å². The lowest BCUT2D eigenvalue weighted by atomic mass is 9.87. The first-order valence-corrected chi connectivity index (χ1v) is 8.51. The molecule has 2 heterocycles. The van der Waals surface area contributed by atoms with E-state index in [9.17, 15) is 4.79 Å².